The van der Waals surface area contributed by atoms with Gasteiger partial charge in [0, 0.05) is 57.8 Å². The van der Waals surface area contributed by atoms with Gasteiger partial charge in [0.15, 0.2) is 6.10 Å². The number of amides is 3. The Balaban J connectivity index is 1.69. The lowest BCUT2D eigenvalue weighted by atomic mass is 10.1. The minimum Gasteiger partial charge on any atom is -0.479 e. The Hall–Kier alpha value is -2.74. The van der Waals surface area contributed by atoms with E-state index in [1.165, 1.54) is 17.0 Å². The summed E-state index contributed by atoms with van der Waals surface area (Å²) in [7, 11) is 3.40. The summed E-state index contributed by atoms with van der Waals surface area (Å²) in [4.78, 5) is 41.3. The van der Waals surface area contributed by atoms with Crippen LogP contribution in [0, 0.1) is 6.92 Å². The van der Waals surface area contributed by atoms with Crippen molar-refractivity contribution < 1.29 is 18.7 Å². The average Bonchev–Trinajstić information content (AvgIpc) is 2.68. The molecule has 0 bridgehead atoms. The second-order valence-corrected chi connectivity index (χ2v) is 7.68. The highest BCUT2D eigenvalue weighted by Gasteiger charge is 2.28. The molecule has 0 spiro atoms. The number of benzene rings is 1. The molecule has 156 valence electrons. The first-order valence-electron chi connectivity index (χ1n) is 9.33. The van der Waals surface area contributed by atoms with Gasteiger partial charge in [0.05, 0.1) is 5.02 Å². The summed E-state index contributed by atoms with van der Waals surface area (Å²) < 4.78 is 11.0. The van der Waals surface area contributed by atoms with Crippen LogP contribution in [0.3, 0.4) is 0 Å². The molecule has 2 heterocycles. The van der Waals surface area contributed by atoms with Crippen LogP contribution < -0.4 is 10.4 Å². The van der Waals surface area contributed by atoms with Gasteiger partial charge in [-0.15, -0.1) is 0 Å². The molecule has 1 saturated heterocycles. The van der Waals surface area contributed by atoms with E-state index in [0.29, 0.717) is 42.2 Å². The first kappa shape index (κ1) is 21.0. The number of ether oxygens (including phenoxy) is 1. The van der Waals surface area contributed by atoms with E-state index >= 15 is 0 Å². The maximum atomic E-state index is 12.8. The number of piperazine rings is 1. The first-order valence-corrected chi connectivity index (χ1v) is 9.71. The topological polar surface area (TPSA) is 83.3 Å². The number of hydrogen-bond acceptors (Lipinski definition) is 5. The number of rotatable bonds is 3. The second-order valence-electron chi connectivity index (χ2n) is 7.28. The Morgan fingerprint density at radius 2 is 1.76 bits per heavy atom. The molecule has 9 heteroatoms. The maximum Gasteiger partial charge on any atom is 0.336 e. The van der Waals surface area contributed by atoms with Crippen LogP contribution in [-0.4, -0.2) is 73.0 Å². The van der Waals surface area contributed by atoms with Crippen LogP contribution in [0.1, 0.15) is 12.5 Å². The molecule has 1 atom stereocenters. The zero-order chi connectivity index (χ0) is 21.3. The molecule has 0 saturated carbocycles. The van der Waals surface area contributed by atoms with Gasteiger partial charge in [-0.2, -0.15) is 0 Å². The third kappa shape index (κ3) is 4.48. The van der Waals surface area contributed by atoms with Crippen molar-refractivity contribution in [1.82, 2.24) is 14.7 Å². The van der Waals surface area contributed by atoms with Crippen molar-refractivity contribution in [3.05, 3.63) is 39.2 Å². The number of hydrogen-bond donors (Lipinski definition) is 0. The third-order valence-corrected chi connectivity index (χ3v) is 5.20. The van der Waals surface area contributed by atoms with Gasteiger partial charge < -0.3 is 23.9 Å². The van der Waals surface area contributed by atoms with Crippen molar-refractivity contribution in [3.63, 3.8) is 0 Å². The molecule has 1 aliphatic heterocycles. The van der Waals surface area contributed by atoms with Crippen molar-refractivity contribution in [2.24, 2.45) is 0 Å². The minimum atomic E-state index is -0.780. The van der Waals surface area contributed by atoms with Gasteiger partial charge in [0.1, 0.15) is 11.3 Å². The molecular formula is C20H24ClN3O5. The van der Waals surface area contributed by atoms with Gasteiger partial charge in [-0.1, -0.05) is 11.6 Å². The molecule has 1 unspecified atom stereocenters. The van der Waals surface area contributed by atoms with Gasteiger partial charge in [-0.25, -0.2) is 9.59 Å². The zero-order valence-electron chi connectivity index (χ0n) is 16.9. The van der Waals surface area contributed by atoms with Crippen molar-refractivity contribution in [1.29, 1.82) is 0 Å². The molecular weight excluding hydrogens is 398 g/mol. The standard InChI is InChI=1S/C20H24ClN3O5/c1-12-9-18(25)29-16-11-17(15(21)10-14(12)16)28-13(2)19(26)23-5-7-24(8-6-23)20(27)22(3)4/h9-11,13H,5-8H2,1-4H3. The van der Waals surface area contributed by atoms with E-state index in [-0.39, 0.29) is 17.7 Å². The normalized spacial score (nSPS) is 15.3. The Bertz CT molecular complexity index is 996. The Labute approximate surface area is 173 Å². The molecule has 2 aromatic rings. The average molecular weight is 422 g/mol. The summed E-state index contributed by atoms with van der Waals surface area (Å²) in [5.74, 6) is 0.0824. The third-order valence-electron chi connectivity index (χ3n) is 4.90. The molecule has 0 aliphatic carbocycles. The largest absolute Gasteiger partial charge is 0.479 e. The van der Waals surface area contributed by atoms with E-state index in [0.717, 1.165) is 5.56 Å². The van der Waals surface area contributed by atoms with Crippen molar-refractivity contribution >= 4 is 34.5 Å². The van der Waals surface area contributed by atoms with E-state index in [2.05, 4.69) is 0 Å². The zero-order valence-corrected chi connectivity index (χ0v) is 17.7. The Morgan fingerprint density at radius 3 is 2.38 bits per heavy atom. The quantitative estimate of drug-likeness (QED) is 0.710. The van der Waals surface area contributed by atoms with Crippen LogP contribution in [0.2, 0.25) is 5.02 Å². The van der Waals surface area contributed by atoms with E-state index in [9.17, 15) is 14.4 Å². The number of carbonyl (C=O) groups excluding carboxylic acids is 2. The second kappa shape index (κ2) is 8.32. The molecule has 8 nitrogen and oxygen atoms in total. The number of carbonyl (C=O) groups is 2. The number of urea groups is 1. The Morgan fingerprint density at radius 1 is 1.14 bits per heavy atom. The molecule has 3 amide bonds. The van der Waals surface area contributed by atoms with Crippen molar-refractivity contribution in [3.8, 4) is 5.75 Å². The minimum absolute atomic E-state index is 0.0684. The summed E-state index contributed by atoms with van der Waals surface area (Å²) in [6.07, 6.45) is -0.780. The molecule has 3 rings (SSSR count). The van der Waals surface area contributed by atoms with E-state index < -0.39 is 11.7 Å². The van der Waals surface area contributed by atoms with Gasteiger partial charge in [0.2, 0.25) is 0 Å². The highest BCUT2D eigenvalue weighted by Crippen LogP contribution is 2.31. The van der Waals surface area contributed by atoms with Crippen LogP contribution in [0.15, 0.2) is 27.4 Å². The van der Waals surface area contributed by atoms with Gasteiger partial charge in [-0.3, -0.25) is 4.79 Å². The summed E-state index contributed by atoms with van der Waals surface area (Å²) in [5, 5.41) is 1.04. The molecule has 1 fully saturated rings. The van der Waals surface area contributed by atoms with Crippen molar-refractivity contribution in [2.45, 2.75) is 20.0 Å². The molecule has 1 aromatic heterocycles. The van der Waals surface area contributed by atoms with Gasteiger partial charge in [0.25, 0.3) is 5.91 Å². The van der Waals surface area contributed by atoms with Crippen LogP contribution in [0.25, 0.3) is 11.0 Å². The first-order chi connectivity index (χ1) is 13.7. The highest BCUT2D eigenvalue weighted by atomic mass is 35.5. The Kier molecular flexibility index (Phi) is 6.02. The lowest BCUT2D eigenvalue weighted by Crippen LogP contribution is -2.54. The number of aryl methyl sites for hydroxylation is 1. The SMILES string of the molecule is Cc1cc(=O)oc2cc(OC(C)C(=O)N3CCN(C(=O)N(C)C)CC3)c(Cl)cc12. The lowest BCUT2D eigenvalue weighted by Gasteiger charge is -2.36. The summed E-state index contributed by atoms with van der Waals surface area (Å²) in [5.41, 5.74) is 0.640. The lowest BCUT2D eigenvalue weighted by molar-refractivity contribution is -0.139. The van der Waals surface area contributed by atoms with E-state index in [1.54, 1.807) is 43.8 Å². The number of halogens is 1. The number of nitrogens with zero attached hydrogens (tertiary/aromatic N) is 3. The van der Waals surface area contributed by atoms with Crippen LogP contribution in [0.5, 0.6) is 5.75 Å². The van der Waals surface area contributed by atoms with E-state index in [4.69, 9.17) is 20.8 Å². The fourth-order valence-electron chi connectivity index (χ4n) is 3.31. The monoisotopic (exact) mass is 421 g/mol. The van der Waals surface area contributed by atoms with Gasteiger partial charge >= 0.3 is 11.7 Å². The molecule has 1 aromatic carbocycles. The van der Waals surface area contributed by atoms with Crippen LogP contribution in [-0.2, 0) is 4.79 Å². The predicted octanol–water partition coefficient (Wildman–Crippen LogP) is 2.35. The fourth-order valence-corrected chi connectivity index (χ4v) is 3.52. The molecule has 1 aliphatic rings. The highest BCUT2D eigenvalue weighted by molar-refractivity contribution is 6.32. The summed E-state index contributed by atoms with van der Waals surface area (Å²) in [6.45, 7) is 5.25. The van der Waals surface area contributed by atoms with Crippen LogP contribution >= 0.6 is 11.6 Å². The molecule has 0 N–H and O–H groups in total. The molecule has 0 radical (unpaired) electrons. The number of fused-ring (bicyclic) bond motifs is 1. The fraction of sp³-hybridized carbons (Fsp3) is 0.450. The molecule has 29 heavy (non-hydrogen) atoms. The summed E-state index contributed by atoms with van der Waals surface area (Å²) in [6, 6.07) is 4.52. The van der Waals surface area contributed by atoms with E-state index in [1.807, 2.05) is 0 Å². The van der Waals surface area contributed by atoms with Crippen molar-refractivity contribution in [2.75, 3.05) is 40.3 Å². The maximum absolute atomic E-state index is 12.8. The summed E-state index contributed by atoms with van der Waals surface area (Å²) >= 11 is 6.31. The van der Waals surface area contributed by atoms with Crippen LogP contribution in [0.4, 0.5) is 4.79 Å². The predicted molar refractivity (Wildman–Crippen MR) is 110 cm³/mol. The smallest absolute Gasteiger partial charge is 0.336 e. The van der Waals surface area contributed by atoms with Gasteiger partial charge in [-0.05, 0) is 25.5 Å².